The standard InChI is InChI=1S/C26H20N2O2S/c1-29-19-11-7-17(8-12-19)15-23-25-26(28-22-6-4-3-5-21(22)27-25)24(31-23)16-18-9-13-20(30-2)14-10-18/h3-16H,1-2H3/b23-15+,24-16+. The van der Waals surface area contributed by atoms with Crippen molar-refractivity contribution >= 4 is 45.6 Å². The first-order chi connectivity index (χ1) is 15.2. The van der Waals surface area contributed by atoms with Crippen LogP contribution in [0, 0.1) is 0 Å². The molecule has 0 aliphatic heterocycles. The second kappa shape index (κ2) is 8.20. The Morgan fingerprint density at radius 3 is 1.42 bits per heavy atom. The average molecular weight is 425 g/mol. The van der Waals surface area contributed by atoms with Crippen molar-refractivity contribution in [2.45, 2.75) is 0 Å². The predicted molar refractivity (Wildman–Crippen MR) is 127 cm³/mol. The summed E-state index contributed by atoms with van der Waals surface area (Å²) in [6, 6.07) is 24.0. The van der Waals surface area contributed by atoms with Crippen LogP contribution in [0.15, 0.2) is 72.8 Å². The average Bonchev–Trinajstić information content (AvgIpc) is 3.14. The van der Waals surface area contributed by atoms with E-state index in [9.17, 15) is 0 Å². The van der Waals surface area contributed by atoms with Crippen LogP contribution in [-0.4, -0.2) is 24.2 Å². The zero-order valence-electron chi connectivity index (χ0n) is 17.2. The molecule has 5 rings (SSSR count). The van der Waals surface area contributed by atoms with E-state index in [1.165, 1.54) is 0 Å². The lowest BCUT2D eigenvalue weighted by molar-refractivity contribution is 0.414. The molecule has 5 heteroatoms. The Balaban J connectivity index is 1.75. The normalized spacial score (nSPS) is 12.6. The summed E-state index contributed by atoms with van der Waals surface area (Å²) in [7, 11) is 3.35. The minimum absolute atomic E-state index is 0.840. The van der Waals surface area contributed by atoms with Gasteiger partial charge in [0.05, 0.1) is 34.3 Å². The highest BCUT2D eigenvalue weighted by atomic mass is 32.1. The summed E-state index contributed by atoms with van der Waals surface area (Å²) in [4.78, 5) is 9.90. The number of rotatable bonds is 4. The van der Waals surface area contributed by atoms with Crippen LogP contribution in [0.1, 0.15) is 11.1 Å². The second-order valence-corrected chi connectivity index (χ2v) is 8.16. The maximum Gasteiger partial charge on any atom is 0.118 e. The molecule has 0 N–H and O–H groups in total. The predicted octanol–water partition coefficient (Wildman–Crippen LogP) is 4.52. The molecule has 0 amide bonds. The summed E-state index contributed by atoms with van der Waals surface area (Å²) < 4.78 is 12.7. The first-order valence-corrected chi connectivity index (χ1v) is 10.7. The Hall–Kier alpha value is -3.70. The number of hydrogen-bond donors (Lipinski definition) is 0. The smallest absolute Gasteiger partial charge is 0.118 e. The number of fused-ring (bicyclic) bond motifs is 2. The van der Waals surface area contributed by atoms with E-state index in [1.54, 1.807) is 25.6 Å². The molecule has 0 unspecified atom stereocenters. The van der Waals surface area contributed by atoms with Crippen LogP contribution in [0.25, 0.3) is 34.2 Å². The summed E-state index contributed by atoms with van der Waals surface area (Å²) in [5.41, 5.74) is 5.81. The molecule has 3 aromatic carbocycles. The quantitative estimate of drug-likeness (QED) is 0.426. The first-order valence-electron chi connectivity index (χ1n) is 9.90. The van der Waals surface area contributed by atoms with Crippen LogP contribution in [0.5, 0.6) is 11.5 Å². The third-order valence-corrected chi connectivity index (χ3v) is 6.15. The van der Waals surface area contributed by atoms with E-state index in [0.717, 1.165) is 53.8 Å². The van der Waals surface area contributed by atoms with Crippen LogP contribution in [0.2, 0.25) is 0 Å². The molecule has 0 radical (unpaired) electrons. The van der Waals surface area contributed by atoms with Crippen LogP contribution >= 0.6 is 11.3 Å². The van der Waals surface area contributed by atoms with Crippen molar-refractivity contribution < 1.29 is 9.47 Å². The number of ether oxygens (including phenoxy) is 2. The molecule has 0 fully saturated rings. The highest BCUT2D eigenvalue weighted by molar-refractivity contribution is 7.09. The van der Waals surface area contributed by atoms with Crippen molar-refractivity contribution in [3.63, 3.8) is 0 Å². The maximum absolute atomic E-state index is 5.28. The van der Waals surface area contributed by atoms with E-state index in [1.807, 2.05) is 72.8 Å². The fraction of sp³-hybridized carbons (Fsp3) is 0.0769. The lowest BCUT2D eigenvalue weighted by Crippen LogP contribution is -1.98. The van der Waals surface area contributed by atoms with Crippen molar-refractivity contribution in [2.24, 2.45) is 0 Å². The minimum Gasteiger partial charge on any atom is -0.497 e. The Morgan fingerprint density at radius 2 is 1.03 bits per heavy atom. The van der Waals surface area contributed by atoms with Crippen molar-refractivity contribution in [1.29, 1.82) is 0 Å². The summed E-state index contributed by atoms with van der Waals surface area (Å²) in [5, 5.41) is 0. The van der Waals surface area contributed by atoms with Gasteiger partial charge in [0, 0.05) is 0 Å². The zero-order chi connectivity index (χ0) is 21.2. The van der Waals surface area contributed by atoms with E-state index in [0.29, 0.717) is 0 Å². The fourth-order valence-electron chi connectivity index (χ4n) is 3.46. The van der Waals surface area contributed by atoms with E-state index in [-0.39, 0.29) is 0 Å². The van der Waals surface area contributed by atoms with Gasteiger partial charge in [-0.25, -0.2) is 9.97 Å². The third kappa shape index (κ3) is 3.88. The summed E-state index contributed by atoms with van der Waals surface area (Å²) in [6.07, 6.45) is 4.31. The Kier molecular flexibility index (Phi) is 5.10. The lowest BCUT2D eigenvalue weighted by Gasteiger charge is -1.99. The minimum atomic E-state index is 0.840. The number of hydrogen-bond acceptors (Lipinski definition) is 5. The van der Waals surface area contributed by atoms with Gasteiger partial charge in [-0.15, -0.1) is 11.3 Å². The number of aromatic nitrogens is 2. The fourth-order valence-corrected chi connectivity index (χ4v) is 4.56. The molecule has 2 aromatic heterocycles. The monoisotopic (exact) mass is 424 g/mol. The molecule has 0 bridgehead atoms. The van der Waals surface area contributed by atoms with Gasteiger partial charge in [-0.3, -0.25) is 0 Å². The number of benzene rings is 3. The van der Waals surface area contributed by atoms with Crippen LogP contribution in [0.4, 0.5) is 0 Å². The molecule has 4 nitrogen and oxygen atoms in total. The largest absolute Gasteiger partial charge is 0.497 e. The molecule has 2 heterocycles. The molecule has 152 valence electrons. The number of nitrogens with zero attached hydrogens (tertiary/aromatic N) is 2. The number of para-hydroxylation sites is 2. The van der Waals surface area contributed by atoms with Crippen molar-refractivity contribution in [3.05, 3.63) is 93.0 Å². The van der Waals surface area contributed by atoms with E-state index < -0.39 is 0 Å². The first kappa shape index (κ1) is 19.3. The van der Waals surface area contributed by atoms with Crippen LogP contribution in [-0.2, 0) is 0 Å². The van der Waals surface area contributed by atoms with Gasteiger partial charge >= 0.3 is 0 Å². The summed E-state index contributed by atoms with van der Waals surface area (Å²) in [6.45, 7) is 0. The molecular weight excluding hydrogens is 404 g/mol. The van der Waals surface area contributed by atoms with Crippen LogP contribution < -0.4 is 18.5 Å². The number of methoxy groups -OCH3 is 2. The molecule has 0 spiro atoms. The van der Waals surface area contributed by atoms with Crippen molar-refractivity contribution in [1.82, 2.24) is 9.97 Å². The van der Waals surface area contributed by atoms with Gasteiger partial charge < -0.3 is 9.47 Å². The van der Waals surface area contributed by atoms with Crippen molar-refractivity contribution in [3.8, 4) is 11.5 Å². The summed E-state index contributed by atoms with van der Waals surface area (Å²) in [5.74, 6) is 1.68. The number of thiophene rings is 1. The molecule has 31 heavy (non-hydrogen) atoms. The van der Waals surface area contributed by atoms with E-state index in [4.69, 9.17) is 19.4 Å². The van der Waals surface area contributed by atoms with Crippen LogP contribution in [0.3, 0.4) is 0 Å². The zero-order valence-corrected chi connectivity index (χ0v) is 18.0. The van der Waals surface area contributed by atoms with E-state index in [2.05, 4.69) is 12.2 Å². The highest BCUT2D eigenvalue weighted by Gasteiger charge is 2.08. The SMILES string of the molecule is COc1ccc(/C=c2/s/c(=C/c3ccc(OC)cc3)c3nc4ccccc4nc23)cc1. The third-order valence-electron chi connectivity index (χ3n) is 5.08. The second-order valence-electron chi connectivity index (χ2n) is 7.08. The Labute approximate surface area is 183 Å². The Bertz CT molecular complexity index is 1370. The molecule has 0 atom stereocenters. The molecule has 0 aliphatic rings. The van der Waals surface area contributed by atoms with Gasteiger partial charge in [-0.1, -0.05) is 36.4 Å². The topological polar surface area (TPSA) is 44.2 Å². The highest BCUT2D eigenvalue weighted by Crippen LogP contribution is 2.16. The molecule has 0 aliphatic carbocycles. The molecule has 5 aromatic rings. The molecular formula is C26H20N2O2S. The van der Waals surface area contributed by atoms with Crippen molar-refractivity contribution in [2.75, 3.05) is 14.2 Å². The molecule has 0 saturated carbocycles. The van der Waals surface area contributed by atoms with Gasteiger partial charge in [0.25, 0.3) is 0 Å². The van der Waals surface area contributed by atoms with Gasteiger partial charge in [-0.05, 0) is 59.7 Å². The van der Waals surface area contributed by atoms with E-state index >= 15 is 0 Å². The van der Waals surface area contributed by atoms with Gasteiger partial charge in [-0.2, -0.15) is 0 Å². The Morgan fingerprint density at radius 1 is 0.613 bits per heavy atom. The summed E-state index contributed by atoms with van der Waals surface area (Å²) >= 11 is 1.69. The van der Waals surface area contributed by atoms with Gasteiger partial charge in [0.2, 0.25) is 0 Å². The lowest BCUT2D eigenvalue weighted by atomic mass is 10.2. The maximum atomic E-state index is 5.28. The van der Waals surface area contributed by atoms with Gasteiger partial charge in [0.1, 0.15) is 22.5 Å². The molecule has 0 saturated heterocycles. The van der Waals surface area contributed by atoms with Gasteiger partial charge in [0.15, 0.2) is 0 Å².